The van der Waals surface area contributed by atoms with E-state index in [0.29, 0.717) is 11.3 Å². The van der Waals surface area contributed by atoms with Crippen molar-refractivity contribution in [3.63, 3.8) is 0 Å². The summed E-state index contributed by atoms with van der Waals surface area (Å²) in [6, 6.07) is 10.9. The van der Waals surface area contributed by atoms with E-state index in [-0.39, 0.29) is 23.5 Å². The van der Waals surface area contributed by atoms with Gasteiger partial charge in [-0.1, -0.05) is 35.7 Å². The molecule has 174 valence electrons. The molecule has 0 amide bonds. The van der Waals surface area contributed by atoms with E-state index in [1.54, 1.807) is 24.3 Å². The summed E-state index contributed by atoms with van der Waals surface area (Å²) in [6.07, 6.45) is -4.60. The Bertz CT molecular complexity index is 1100. The van der Waals surface area contributed by atoms with Gasteiger partial charge >= 0.3 is 12.3 Å². The van der Waals surface area contributed by atoms with Gasteiger partial charge in [-0.15, -0.1) is 13.2 Å². The molecule has 2 aromatic rings. The van der Waals surface area contributed by atoms with Crippen LogP contribution in [0.25, 0.3) is 0 Å². The maximum Gasteiger partial charge on any atom is 0.573 e. The Morgan fingerprint density at radius 3 is 2.79 bits per heavy atom. The first kappa shape index (κ1) is 24.5. The number of hydrogen-bond donors (Lipinski definition) is 2. The van der Waals surface area contributed by atoms with Crippen molar-refractivity contribution < 1.29 is 32.2 Å². The smallest absolute Gasteiger partial charge is 0.495 e. The molecule has 1 aliphatic rings. The summed E-state index contributed by atoms with van der Waals surface area (Å²) in [5.41, 5.74) is 1.90. The Hall–Kier alpha value is -3.10. The molecule has 0 bridgehead atoms. The Morgan fingerprint density at radius 2 is 2.06 bits per heavy atom. The largest absolute Gasteiger partial charge is 0.573 e. The molecule has 1 atom stereocenters. The van der Waals surface area contributed by atoms with Crippen molar-refractivity contribution in [3.8, 4) is 23.3 Å². The first-order valence-corrected chi connectivity index (χ1v) is 11.2. The maximum atomic E-state index is 12.4. The molecule has 2 aromatic carbocycles. The number of rotatable bonds is 7. The van der Waals surface area contributed by atoms with Crippen molar-refractivity contribution >= 4 is 35.4 Å². The second-order valence-corrected chi connectivity index (χ2v) is 8.31. The predicted molar refractivity (Wildman–Crippen MR) is 123 cm³/mol. The molecule has 2 N–H and O–H groups in total. The van der Waals surface area contributed by atoms with Crippen LogP contribution < -0.4 is 19.5 Å². The second-order valence-electron chi connectivity index (χ2n) is 6.48. The number of hydrogen-bond acceptors (Lipinski definition) is 8. The summed E-state index contributed by atoms with van der Waals surface area (Å²) >= 11 is 2.76. The van der Waals surface area contributed by atoms with E-state index in [1.165, 1.54) is 56.1 Å². The standard InChI is InChI=1S/C22H19F3N2O4S2/c1-29-18-11-15(12-21(28)30-2)6-8-17(18)27-33-20-13-32-19(26-20)9-7-14-4-3-5-16(10-14)31-22(23,24)25/h3-6,8,10-11,13,19,26-27H,12H2,1-2H3. The fourth-order valence-corrected chi connectivity index (χ4v) is 4.30. The van der Waals surface area contributed by atoms with E-state index in [4.69, 9.17) is 4.74 Å². The number of halogens is 3. The van der Waals surface area contributed by atoms with Gasteiger partial charge in [0.15, 0.2) is 0 Å². The van der Waals surface area contributed by atoms with Crippen LogP contribution in [0.4, 0.5) is 18.9 Å². The van der Waals surface area contributed by atoms with Crippen LogP contribution in [0.1, 0.15) is 11.1 Å². The Morgan fingerprint density at radius 1 is 1.24 bits per heavy atom. The van der Waals surface area contributed by atoms with Crippen molar-refractivity contribution in [3.05, 3.63) is 64.0 Å². The molecule has 1 aliphatic heterocycles. The molecule has 0 aliphatic carbocycles. The molecule has 0 saturated heterocycles. The van der Waals surface area contributed by atoms with Crippen molar-refractivity contribution in [2.45, 2.75) is 18.2 Å². The Balaban J connectivity index is 1.54. The molecule has 0 aromatic heterocycles. The van der Waals surface area contributed by atoms with Gasteiger partial charge in [0.2, 0.25) is 0 Å². The molecule has 0 spiro atoms. The summed E-state index contributed by atoms with van der Waals surface area (Å²) < 4.78 is 54.2. The number of carbonyl (C=O) groups is 1. The first-order chi connectivity index (χ1) is 15.8. The molecular weight excluding hydrogens is 477 g/mol. The van der Waals surface area contributed by atoms with E-state index in [1.807, 2.05) is 5.41 Å². The second kappa shape index (κ2) is 11.2. The van der Waals surface area contributed by atoms with Crippen LogP contribution in [-0.4, -0.2) is 31.9 Å². The molecule has 33 heavy (non-hydrogen) atoms. The molecule has 0 fully saturated rings. The van der Waals surface area contributed by atoms with Gasteiger partial charge in [0, 0.05) is 22.9 Å². The van der Waals surface area contributed by atoms with Crippen LogP contribution in [0.3, 0.4) is 0 Å². The normalized spacial score (nSPS) is 14.9. The third-order valence-electron chi connectivity index (χ3n) is 4.11. The van der Waals surface area contributed by atoms with E-state index < -0.39 is 6.36 Å². The topological polar surface area (TPSA) is 68.8 Å². The summed E-state index contributed by atoms with van der Waals surface area (Å²) in [7, 11) is 2.87. The number of esters is 1. The van der Waals surface area contributed by atoms with Gasteiger partial charge in [-0.25, -0.2) is 0 Å². The van der Waals surface area contributed by atoms with Crippen LogP contribution in [0.15, 0.2) is 52.9 Å². The van der Waals surface area contributed by atoms with Crippen molar-refractivity contribution in [2.24, 2.45) is 0 Å². The van der Waals surface area contributed by atoms with E-state index >= 15 is 0 Å². The van der Waals surface area contributed by atoms with Crippen molar-refractivity contribution in [1.29, 1.82) is 0 Å². The number of benzene rings is 2. The van der Waals surface area contributed by atoms with Gasteiger partial charge in [-0.3, -0.25) is 4.79 Å². The summed E-state index contributed by atoms with van der Waals surface area (Å²) in [5, 5.41) is 5.65. The fraction of sp³-hybridized carbons (Fsp3) is 0.227. The lowest BCUT2D eigenvalue weighted by Crippen LogP contribution is -2.17. The van der Waals surface area contributed by atoms with Gasteiger partial charge < -0.3 is 24.2 Å². The fourth-order valence-electron chi connectivity index (χ4n) is 2.65. The molecule has 6 nitrogen and oxygen atoms in total. The zero-order valence-corrected chi connectivity index (χ0v) is 19.1. The number of thioether (sulfide) groups is 1. The van der Waals surface area contributed by atoms with E-state index in [0.717, 1.165) is 16.3 Å². The molecular formula is C22H19F3N2O4S2. The number of methoxy groups -OCH3 is 2. The molecule has 3 rings (SSSR count). The van der Waals surface area contributed by atoms with Gasteiger partial charge in [0.25, 0.3) is 0 Å². The monoisotopic (exact) mass is 496 g/mol. The lowest BCUT2D eigenvalue weighted by atomic mass is 10.1. The zero-order valence-electron chi connectivity index (χ0n) is 17.5. The number of carbonyl (C=O) groups excluding carboxylic acids is 1. The quantitative estimate of drug-likeness (QED) is 0.319. The van der Waals surface area contributed by atoms with Crippen LogP contribution in [0, 0.1) is 11.8 Å². The Labute approximate surface area is 197 Å². The van der Waals surface area contributed by atoms with Crippen LogP contribution in [-0.2, 0) is 16.0 Å². The molecule has 1 heterocycles. The maximum absolute atomic E-state index is 12.4. The van der Waals surface area contributed by atoms with E-state index in [2.05, 4.69) is 31.4 Å². The SMILES string of the molecule is COC(=O)Cc1ccc(NSC2=CSC(C#Cc3cccc(OC(F)(F)F)c3)N2)c(OC)c1. The highest BCUT2D eigenvalue weighted by Crippen LogP contribution is 2.33. The number of nitrogens with one attached hydrogen (secondary N) is 2. The first-order valence-electron chi connectivity index (χ1n) is 9.42. The number of ether oxygens (including phenoxy) is 3. The highest BCUT2D eigenvalue weighted by molar-refractivity contribution is 8.07. The molecule has 0 saturated carbocycles. The lowest BCUT2D eigenvalue weighted by molar-refractivity contribution is -0.274. The van der Waals surface area contributed by atoms with Crippen LogP contribution in [0.2, 0.25) is 0 Å². The van der Waals surface area contributed by atoms with Crippen molar-refractivity contribution in [2.75, 3.05) is 18.9 Å². The average Bonchev–Trinajstić information content (AvgIpc) is 3.23. The van der Waals surface area contributed by atoms with Gasteiger partial charge in [-0.2, -0.15) is 0 Å². The summed E-state index contributed by atoms with van der Waals surface area (Å²) in [5.74, 6) is 5.75. The minimum atomic E-state index is -4.75. The zero-order chi connectivity index (χ0) is 23.8. The lowest BCUT2D eigenvalue weighted by Gasteiger charge is -2.13. The number of alkyl halides is 3. The van der Waals surface area contributed by atoms with E-state index in [9.17, 15) is 18.0 Å². The third-order valence-corrected chi connectivity index (χ3v) is 5.92. The van der Waals surface area contributed by atoms with Crippen LogP contribution in [0.5, 0.6) is 11.5 Å². The van der Waals surface area contributed by atoms with Gasteiger partial charge in [-0.05, 0) is 35.9 Å². The minimum absolute atomic E-state index is 0.148. The highest BCUT2D eigenvalue weighted by atomic mass is 32.2. The average molecular weight is 497 g/mol. The van der Waals surface area contributed by atoms with Gasteiger partial charge in [0.05, 0.1) is 31.4 Å². The van der Waals surface area contributed by atoms with Gasteiger partial charge in [0.1, 0.15) is 16.9 Å². The summed E-state index contributed by atoms with van der Waals surface area (Å²) in [6.45, 7) is 0. The number of anilines is 1. The molecule has 11 heteroatoms. The Kier molecular flexibility index (Phi) is 8.30. The molecule has 1 unspecified atom stereocenters. The van der Waals surface area contributed by atoms with Crippen LogP contribution >= 0.6 is 23.7 Å². The predicted octanol–water partition coefficient (Wildman–Crippen LogP) is 4.88. The third kappa shape index (κ3) is 7.76. The minimum Gasteiger partial charge on any atom is -0.495 e. The molecule has 0 radical (unpaired) electrons. The summed E-state index contributed by atoms with van der Waals surface area (Å²) in [4.78, 5) is 11.4. The van der Waals surface area contributed by atoms with Crippen molar-refractivity contribution in [1.82, 2.24) is 5.32 Å². The highest BCUT2D eigenvalue weighted by Gasteiger charge is 2.31.